The maximum atomic E-state index is 11.7. The van der Waals surface area contributed by atoms with Crippen LogP contribution in [0, 0.1) is 6.92 Å². The highest BCUT2D eigenvalue weighted by atomic mass is 79.9. The number of amides is 2. The molecular weight excluding hydrogens is 300 g/mol. The molecule has 0 spiro atoms. The van der Waals surface area contributed by atoms with Crippen LogP contribution in [-0.4, -0.2) is 42.0 Å². The Kier molecular flexibility index (Phi) is 5.30. The Bertz CT molecular complexity index is 463. The Morgan fingerprint density at radius 2 is 2.11 bits per heavy atom. The van der Waals surface area contributed by atoms with Crippen LogP contribution in [0.25, 0.3) is 0 Å². The molecule has 1 rings (SSSR count). The molecule has 0 saturated carbocycles. The van der Waals surface area contributed by atoms with Crippen molar-refractivity contribution in [3.05, 3.63) is 28.2 Å². The minimum atomic E-state index is -0.712. The second kappa shape index (κ2) is 6.51. The van der Waals surface area contributed by atoms with Gasteiger partial charge in [0.25, 0.3) is 0 Å². The smallest absolute Gasteiger partial charge is 0.313 e. The lowest BCUT2D eigenvalue weighted by molar-refractivity contribution is -0.142. The van der Waals surface area contributed by atoms with Gasteiger partial charge in [-0.2, -0.15) is 0 Å². The molecule has 1 aromatic rings. The van der Waals surface area contributed by atoms with Crippen molar-refractivity contribution in [2.75, 3.05) is 25.5 Å². The van der Waals surface area contributed by atoms with Gasteiger partial charge in [-0.1, -0.05) is 15.9 Å². The molecule has 0 heterocycles. The number of hydrogen-bond acceptors (Lipinski definition) is 3. The van der Waals surface area contributed by atoms with Crippen LogP contribution in [0.5, 0.6) is 0 Å². The van der Waals surface area contributed by atoms with Gasteiger partial charge in [0.15, 0.2) is 0 Å². The number of aryl methyl sites for hydroxylation is 1. The molecule has 0 aromatic heterocycles. The van der Waals surface area contributed by atoms with Gasteiger partial charge in [-0.15, -0.1) is 0 Å². The van der Waals surface area contributed by atoms with Crippen LogP contribution in [0.15, 0.2) is 22.7 Å². The minimum absolute atomic E-state index is 0.131. The number of anilines is 1. The standard InChI is InChI=1S/C12H15BrN2O3/c1-8-7-9(13)3-4-10(8)14-11(17)12(18)15(2)5-6-16/h3-4,7,16H,5-6H2,1-2H3,(H,14,17). The van der Waals surface area contributed by atoms with Gasteiger partial charge >= 0.3 is 11.8 Å². The van der Waals surface area contributed by atoms with E-state index in [0.29, 0.717) is 5.69 Å². The van der Waals surface area contributed by atoms with Crippen LogP contribution in [0.3, 0.4) is 0 Å². The molecule has 18 heavy (non-hydrogen) atoms. The van der Waals surface area contributed by atoms with Crippen molar-refractivity contribution in [3.8, 4) is 0 Å². The highest BCUT2D eigenvalue weighted by molar-refractivity contribution is 9.10. The third-order valence-electron chi connectivity index (χ3n) is 2.41. The second-order valence-corrected chi connectivity index (χ2v) is 4.78. The van der Waals surface area contributed by atoms with Gasteiger partial charge in [-0.25, -0.2) is 0 Å². The molecule has 2 N–H and O–H groups in total. The number of nitrogens with one attached hydrogen (secondary N) is 1. The van der Waals surface area contributed by atoms with Gasteiger partial charge < -0.3 is 15.3 Å². The van der Waals surface area contributed by atoms with Crippen LogP contribution >= 0.6 is 15.9 Å². The van der Waals surface area contributed by atoms with Gasteiger partial charge in [-0.05, 0) is 30.7 Å². The molecule has 98 valence electrons. The van der Waals surface area contributed by atoms with Gasteiger partial charge in [0.1, 0.15) is 0 Å². The summed E-state index contributed by atoms with van der Waals surface area (Å²) in [6.45, 7) is 1.79. The normalized spacial score (nSPS) is 10.0. The molecule has 6 heteroatoms. The number of hydrogen-bond donors (Lipinski definition) is 2. The van der Waals surface area contributed by atoms with Crippen LogP contribution < -0.4 is 5.32 Å². The first-order valence-corrected chi connectivity index (χ1v) is 6.18. The van der Waals surface area contributed by atoms with E-state index in [-0.39, 0.29) is 13.2 Å². The average molecular weight is 315 g/mol. The van der Waals surface area contributed by atoms with E-state index in [2.05, 4.69) is 21.2 Å². The van der Waals surface area contributed by atoms with Crippen molar-refractivity contribution in [1.82, 2.24) is 4.90 Å². The third kappa shape index (κ3) is 3.82. The molecule has 0 saturated heterocycles. The third-order valence-corrected chi connectivity index (χ3v) is 2.91. The van der Waals surface area contributed by atoms with Crippen molar-refractivity contribution in [3.63, 3.8) is 0 Å². The first kappa shape index (κ1) is 14.7. The maximum absolute atomic E-state index is 11.7. The van der Waals surface area contributed by atoms with E-state index < -0.39 is 11.8 Å². The number of rotatable bonds is 3. The fraction of sp³-hybridized carbons (Fsp3) is 0.333. The van der Waals surface area contributed by atoms with E-state index in [1.165, 1.54) is 11.9 Å². The van der Waals surface area contributed by atoms with Gasteiger partial charge in [0.05, 0.1) is 6.61 Å². The molecule has 0 fully saturated rings. The minimum Gasteiger partial charge on any atom is -0.395 e. The van der Waals surface area contributed by atoms with E-state index in [1.54, 1.807) is 12.1 Å². The predicted molar refractivity (Wildman–Crippen MR) is 72.2 cm³/mol. The molecule has 0 atom stereocenters. The monoisotopic (exact) mass is 314 g/mol. The highest BCUT2D eigenvalue weighted by Crippen LogP contribution is 2.19. The van der Waals surface area contributed by atoms with Crippen LogP contribution in [0.1, 0.15) is 5.56 Å². The Labute approximate surface area is 114 Å². The van der Waals surface area contributed by atoms with Gasteiger partial charge in [-0.3, -0.25) is 9.59 Å². The molecule has 5 nitrogen and oxygen atoms in total. The molecule has 0 bridgehead atoms. The summed E-state index contributed by atoms with van der Waals surface area (Å²) in [4.78, 5) is 24.4. The molecule has 1 aromatic carbocycles. The first-order valence-electron chi connectivity index (χ1n) is 5.39. The summed E-state index contributed by atoms with van der Waals surface area (Å²) in [5.74, 6) is -1.39. The summed E-state index contributed by atoms with van der Waals surface area (Å²) in [6, 6.07) is 5.35. The summed E-state index contributed by atoms with van der Waals surface area (Å²) in [7, 11) is 1.46. The van der Waals surface area contributed by atoms with E-state index in [1.807, 2.05) is 13.0 Å². The predicted octanol–water partition coefficient (Wildman–Crippen LogP) is 1.15. The summed E-state index contributed by atoms with van der Waals surface area (Å²) in [5.41, 5.74) is 1.45. The fourth-order valence-corrected chi connectivity index (χ4v) is 1.84. The van der Waals surface area contributed by atoms with E-state index in [0.717, 1.165) is 10.0 Å². The lowest BCUT2D eigenvalue weighted by atomic mass is 10.2. The summed E-state index contributed by atoms with van der Waals surface area (Å²) in [5, 5.41) is 11.2. The largest absolute Gasteiger partial charge is 0.395 e. The number of halogens is 1. The zero-order chi connectivity index (χ0) is 13.7. The van der Waals surface area contributed by atoms with E-state index >= 15 is 0 Å². The molecular formula is C12H15BrN2O3. The Balaban J connectivity index is 2.72. The van der Waals surface area contributed by atoms with Crippen molar-refractivity contribution < 1.29 is 14.7 Å². The molecule has 0 unspecified atom stereocenters. The molecule has 0 aliphatic rings. The molecule has 0 aliphatic heterocycles. The van der Waals surface area contributed by atoms with Gasteiger partial charge in [0.2, 0.25) is 0 Å². The molecule has 0 aliphatic carbocycles. The number of carbonyl (C=O) groups is 2. The lowest BCUT2D eigenvalue weighted by Gasteiger charge is -2.15. The van der Waals surface area contributed by atoms with Crippen molar-refractivity contribution in [2.45, 2.75) is 6.92 Å². The average Bonchev–Trinajstić information content (AvgIpc) is 2.32. The second-order valence-electron chi connectivity index (χ2n) is 3.86. The first-order chi connectivity index (χ1) is 8.45. The number of nitrogens with zero attached hydrogens (tertiary/aromatic N) is 1. The summed E-state index contributed by atoms with van der Waals surface area (Å²) < 4.78 is 0.904. The van der Waals surface area contributed by atoms with Crippen molar-refractivity contribution >= 4 is 33.4 Å². The topological polar surface area (TPSA) is 69.6 Å². The lowest BCUT2D eigenvalue weighted by Crippen LogP contribution is -2.38. The Morgan fingerprint density at radius 1 is 1.44 bits per heavy atom. The summed E-state index contributed by atoms with van der Waals surface area (Å²) >= 11 is 3.32. The highest BCUT2D eigenvalue weighted by Gasteiger charge is 2.18. The Morgan fingerprint density at radius 3 is 2.67 bits per heavy atom. The van der Waals surface area contributed by atoms with Crippen LogP contribution in [0.2, 0.25) is 0 Å². The van der Waals surface area contributed by atoms with E-state index in [9.17, 15) is 9.59 Å². The number of aliphatic hydroxyl groups is 1. The maximum Gasteiger partial charge on any atom is 0.313 e. The quantitative estimate of drug-likeness (QED) is 0.822. The van der Waals surface area contributed by atoms with Crippen LogP contribution in [-0.2, 0) is 9.59 Å². The SMILES string of the molecule is Cc1cc(Br)ccc1NC(=O)C(=O)N(C)CCO. The molecule has 0 radical (unpaired) electrons. The Hall–Kier alpha value is -1.40. The summed E-state index contributed by atoms with van der Waals surface area (Å²) in [6.07, 6.45) is 0. The van der Waals surface area contributed by atoms with Crippen molar-refractivity contribution in [1.29, 1.82) is 0 Å². The van der Waals surface area contributed by atoms with Crippen LogP contribution in [0.4, 0.5) is 5.69 Å². The fourth-order valence-electron chi connectivity index (χ4n) is 1.37. The van der Waals surface area contributed by atoms with Crippen molar-refractivity contribution in [2.24, 2.45) is 0 Å². The number of benzene rings is 1. The number of carbonyl (C=O) groups excluding carboxylic acids is 2. The van der Waals surface area contributed by atoms with E-state index in [4.69, 9.17) is 5.11 Å². The number of likely N-dealkylation sites (N-methyl/N-ethyl adjacent to an activating group) is 1. The zero-order valence-electron chi connectivity index (χ0n) is 10.2. The van der Waals surface area contributed by atoms with Gasteiger partial charge in [0, 0.05) is 23.8 Å². The number of aliphatic hydroxyl groups excluding tert-OH is 1. The zero-order valence-corrected chi connectivity index (χ0v) is 11.8. The molecule has 2 amide bonds.